The number of carbonyl (C=O) groups is 2. The van der Waals surface area contributed by atoms with Crippen molar-refractivity contribution >= 4 is 34.5 Å². The summed E-state index contributed by atoms with van der Waals surface area (Å²) in [6.07, 6.45) is 4.56. The number of hydrogen-bond donors (Lipinski definition) is 2. The zero-order chi connectivity index (χ0) is 23.5. The number of likely N-dealkylation sites (tertiary alicyclic amines) is 1. The summed E-state index contributed by atoms with van der Waals surface area (Å²) in [5, 5.41) is 24.2. The summed E-state index contributed by atoms with van der Waals surface area (Å²) in [7, 11) is 0. The number of nitro benzene ring substituents is 1. The minimum atomic E-state index is -0.604. The van der Waals surface area contributed by atoms with Gasteiger partial charge in [0.25, 0.3) is 11.6 Å². The van der Waals surface area contributed by atoms with Crippen molar-refractivity contribution in [3.63, 3.8) is 0 Å². The maximum Gasteiger partial charge on any atom is 0.271 e. The van der Waals surface area contributed by atoms with Crippen molar-refractivity contribution in [2.45, 2.75) is 19.8 Å². The first kappa shape index (κ1) is 22.3. The molecule has 1 fully saturated rings. The summed E-state index contributed by atoms with van der Waals surface area (Å²) < 4.78 is 0. The highest BCUT2D eigenvalue weighted by Crippen LogP contribution is 2.31. The second-order valence-corrected chi connectivity index (χ2v) is 8.71. The summed E-state index contributed by atoms with van der Waals surface area (Å²) in [5.41, 5.74) is 1.18. The van der Waals surface area contributed by atoms with Crippen molar-refractivity contribution in [3.8, 4) is 16.3 Å². The zero-order valence-corrected chi connectivity index (χ0v) is 18.5. The minimum absolute atomic E-state index is 0.0305. The number of hydrogen-bond acceptors (Lipinski definition) is 8. The molecule has 0 bridgehead atoms. The molecule has 0 aliphatic carbocycles. The van der Waals surface area contributed by atoms with Crippen LogP contribution in [-0.4, -0.2) is 49.8 Å². The van der Waals surface area contributed by atoms with E-state index in [4.69, 9.17) is 0 Å². The van der Waals surface area contributed by atoms with Crippen molar-refractivity contribution in [2.24, 2.45) is 5.92 Å². The van der Waals surface area contributed by atoms with E-state index in [1.165, 1.54) is 11.3 Å². The number of aryl methyl sites for hydroxylation is 1. The Kier molecular flexibility index (Phi) is 6.31. The molecule has 1 aliphatic heterocycles. The summed E-state index contributed by atoms with van der Waals surface area (Å²) in [5.74, 6) is -1.36. The maximum atomic E-state index is 13.2. The topological polar surface area (TPSA) is 139 Å². The van der Waals surface area contributed by atoms with Crippen molar-refractivity contribution in [1.29, 1.82) is 0 Å². The molecular weight excluding hydrogens is 446 g/mol. The number of phenolic OH excluding ortho intramolecular Hbond substituents is 1. The van der Waals surface area contributed by atoms with E-state index in [2.05, 4.69) is 15.3 Å². The molecule has 0 saturated carbocycles. The van der Waals surface area contributed by atoms with Gasteiger partial charge in [0.15, 0.2) is 0 Å². The lowest BCUT2D eigenvalue weighted by atomic mass is 9.96. The smallest absolute Gasteiger partial charge is 0.271 e. The van der Waals surface area contributed by atoms with Crippen molar-refractivity contribution < 1.29 is 19.6 Å². The Labute approximate surface area is 193 Å². The summed E-state index contributed by atoms with van der Waals surface area (Å²) in [4.78, 5) is 47.1. The van der Waals surface area contributed by atoms with Crippen molar-refractivity contribution in [3.05, 3.63) is 63.4 Å². The molecule has 2 amide bonds. The number of amides is 2. The van der Waals surface area contributed by atoms with Crippen LogP contribution in [0.1, 0.15) is 28.2 Å². The third-order valence-electron chi connectivity index (χ3n) is 5.43. The molecule has 1 unspecified atom stereocenters. The van der Waals surface area contributed by atoms with Crippen LogP contribution in [0.3, 0.4) is 0 Å². The fraction of sp³-hybridized carbons (Fsp3) is 0.273. The normalized spacial score (nSPS) is 15.8. The molecule has 2 N–H and O–H groups in total. The number of aromatic nitrogens is 2. The largest absolute Gasteiger partial charge is 0.506 e. The highest BCUT2D eigenvalue weighted by molar-refractivity contribution is 7.17. The molecule has 1 aromatic carbocycles. The van der Waals surface area contributed by atoms with Gasteiger partial charge in [-0.2, -0.15) is 0 Å². The number of piperidine rings is 1. The lowest BCUT2D eigenvalue weighted by molar-refractivity contribution is -0.384. The number of non-ortho nitro benzene ring substituents is 1. The summed E-state index contributed by atoms with van der Waals surface area (Å²) in [6, 6.07) is 7.12. The van der Waals surface area contributed by atoms with Gasteiger partial charge >= 0.3 is 0 Å². The van der Waals surface area contributed by atoms with Gasteiger partial charge in [-0.25, -0.2) is 4.98 Å². The quantitative estimate of drug-likeness (QED) is 0.332. The predicted octanol–water partition coefficient (Wildman–Crippen LogP) is 3.62. The van der Waals surface area contributed by atoms with Crippen LogP contribution in [0.4, 0.5) is 11.4 Å². The molecule has 3 aromatic rings. The van der Waals surface area contributed by atoms with Gasteiger partial charge in [0.05, 0.1) is 22.2 Å². The third-order valence-corrected chi connectivity index (χ3v) is 6.62. The fourth-order valence-electron chi connectivity index (χ4n) is 3.70. The molecule has 0 spiro atoms. The van der Waals surface area contributed by atoms with E-state index < -0.39 is 16.7 Å². The summed E-state index contributed by atoms with van der Waals surface area (Å²) in [6.45, 7) is 2.51. The van der Waals surface area contributed by atoms with Crippen LogP contribution in [0.25, 0.3) is 10.6 Å². The van der Waals surface area contributed by atoms with Gasteiger partial charge in [0, 0.05) is 43.2 Å². The molecule has 11 heteroatoms. The maximum absolute atomic E-state index is 13.2. The molecule has 1 aliphatic rings. The average molecular weight is 468 g/mol. The first-order valence-electron chi connectivity index (χ1n) is 10.3. The number of nitrogens with zero attached hydrogens (tertiary/aromatic N) is 4. The van der Waals surface area contributed by atoms with E-state index in [0.717, 1.165) is 23.8 Å². The first-order chi connectivity index (χ1) is 15.8. The lowest BCUT2D eigenvalue weighted by Gasteiger charge is -2.31. The lowest BCUT2D eigenvalue weighted by Crippen LogP contribution is -2.43. The number of aromatic hydroxyl groups is 1. The van der Waals surface area contributed by atoms with Crippen LogP contribution in [0.2, 0.25) is 0 Å². The molecular formula is C22H21N5O5S. The molecule has 33 heavy (non-hydrogen) atoms. The molecule has 2 aromatic heterocycles. The second-order valence-electron chi connectivity index (χ2n) is 7.71. The highest BCUT2D eigenvalue weighted by Gasteiger charge is 2.31. The SMILES string of the molecule is Cc1nc(-c2cccnc2)sc1C(=O)N1CCCC(C(=O)Nc2cc([N+](=O)[O-])ccc2O)C1. The second kappa shape index (κ2) is 9.33. The molecule has 1 atom stereocenters. The molecule has 3 heterocycles. The molecule has 0 radical (unpaired) electrons. The van der Waals surface area contributed by atoms with E-state index in [9.17, 15) is 24.8 Å². The Morgan fingerprint density at radius 2 is 2.15 bits per heavy atom. The summed E-state index contributed by atoms with van der Waals surface area (Å²) >= 11 is 1.29. The van der Waals surface area contributed by atoms with Gasteiger partial charge < -0.3 is 15.3 Å². The van der Waals surface area contributed by atoms with Gasteiger partial charge in [-0.3, -0.25) is 24.7 Å². The third kappa shape index (κ3) is 4.82. The van der Waals surface area contributed by atoms with Gasteiger partial charge in [0.1, 0.15) is 15.6 Å². The number of anilines is 1. The Hall–Kier alpha value is -3.86. The van der Waals surface area contributed by atoms with Crippen LogP contribution in [-0.2, 0) is 4.79 Å². The number of phenols is 1. The van der Waals surface area contributed by atoms with E-state index in [0.29, 0.717) is 35.0 Å². The number of rotatable bonds is 5. The van der Waals surface area contributed by atoms with Crippen LogP contribution in [0.5, 0.6) is 5.75 Å². The van der Waals surface area contributed by atoms with Crippen molar-refractivity contribution in [1.82, 2.24) is 14.9 Å². The number of pyridine rings is 1. The number of nitrogens with one attached hydrogen (secondary N) is 1. The van der Waals surface area contributed by atoms with Gasteiger partial charge in [0.2, 0.25) is 5.91 Å². The number of carbonyl (C=O) groups excluding carboxylic acids is 2. The first-order valence-corrected chi connectivity index (χ1v) is 11.1. The van der Waals surface area contributed by atoms with Crippen LogP contribution in [0.15, 0.2) is 42.7 Å². The molecule has 10 nitrogen and oxygen atoms in total. The molecule has 4 rings (SSSR count). The Bertz CT molecular complexity index is 1210. The number of benzene rings is 1. The molecule has 170 valence electrons. The van der Waals surface area contributed by atoms with Crippen LogP contribution in [0, 0.1) is 23.0 Å². The van der Waals surface area contributed by atoms with Gasteiger partial charge in [-0.05, 0) is 38.0 Å². The highest BCUT2D eigenvalue weighted by atomic mass is 32.1. The van der Waals surface area contributed by atoms with E-state index >= 15 is 0 Å². The average Bonchev–Trinajstić information content (AvgIpc) is 3.22. The number of thiazole rings is 1. The Morgan fingerprint density at radius 1 is 1.33 bits per heavy atom. The van der Waals surface area contributed by atoms with E-state index in [-0.39, 0.29) is 29.6 Å². The van der Waals surface area contributed by atoms with Gasteiger partial charge in [-0.1, -0.05) is 0 Å². The van der Waals surface area contributed by atoms with E-state index in [1.54, 1.807) is 30.3 Å². The Morgan fingerprint density at radius 3 is 2.88 bits per heavy atom. The Balaban J connectivity index is 1.47. The van der Waals surface area contributed by atoms with Gasteiger partial charge in [-0.15, -0.1) is 11.3 Å². The van der Waals surface area contributed by atoms with Crippen LogP contribution >= 0.6 is 11.3 Å². The predicted molar refractivity (Wildman–Crippen MR) is 122 cm³/mol. The monoisotopic (exact) mass is 467 g/mol. The van der Waals surface area contributed by atoms with E-state index in [1.807, 2.05) is 6.07 Å². The zero-order valence-electron chi connectivity index (χ0n) is 17.7. The standard InChI is InChI=1S/C22H21N5O5S/c1-13-19(33-21(24-13)14-4-2-8-23-11-14)22(30)26-9-3-5-15(12-26)20(29)25-17-10-16(27(31)32)6-7-18(17)28/h2,4,6-8,10-11,15,28H,3,5,9,12H2,1H3,(H,25,29). The number of nitro groups is 1. The van der Waals surface area contributed by atoms with Crippen molar-refractivity contribution in [2.75, 3.05) is 18.4 Å². The minimum Gasteiger partial charge on any atom is -0.506 e. The fourth-order valence-corrected chi connectivity index (χ4v) is 4.72. The molecule has 1 saturated heterocycles. The van der Waals surface area contributed by atoms with Crippen LogP contribution < -0.4 is 5.32 Å².